The lowest BCUT2D eigenvalue weighted by molar-refractivity contribution is 0.0584. The van der Waals surface area contributed by atoms with E-state index in [1.807, 2.05) is 0 Å². The molecule has 0 bridgehead atoms. The van der Waals surface area contributed by atoms with E-state index >= 15 is 0 Å². The number of ether oxygens (including phenoxy) is 2. The highest BCUT2D eigenvalue weighted by Crippen LogP contribution is 2.32. The van der Waals surface area contributed by atoms with Crippen molar-refractivity contribution in [1.82, 2.24) is 0 Å². The van der Waals surface area contributed by atoms with E-state index in [1.54, 1.807) is 0 Å². The molecule has 2 aliphatic rings. The third-order valence-electron chi connectivity index (χ3n) is 3.87. The molecule has 1 atom stereocenters. The van der Waals surface area contributed by atoms with Crippen LogP contribution in [0.1, 0.15) is 30.0 Å². The van der Waals surface area contributed by atoms with Crippen molar-refractivity contribution < 1.29 is 9.47 Å². The first-order valence-electron chi connectivity index (χ1n) is 6.43. The van der Waals surface area contributed by atoms with Crippen molar-refractivity contribution in [2.24, 2.45) is 11.7 Å². The molecule has 100 valence electrons. The second kappa shape index (κ2) is 5.91. The van der Waals surface area contributed by atoms with E-state index in [2.05, 4.69) is 18.2 Å². The van der Waals surface area contributed by atoms with Gasteiger partial charge in [-0.25, -0.2) is 0 Å². The number of halogens is 1. The monoisotopic (exact) mass is 269 g/mol. The summed E-state index contributed by atoms with van der Waals surface area (Å²) < 4.78 is 10.9. The molecule has 0 saturated carbocycles. The van der Waals surface area contributed by atoms with Crippen molar-refractivity contribution in [1.29, 1.82) is 0 Å². The molecule has 0 aliphatic carbocycles. The summed E-state index contributed by atoms with van der Waals surface area (Å²) in [5.74, 6) is 1.59. The van der Waals surface area contributed by atoms with Crippen LogP contribution in [0, 0.1) is 5.92 Å². The normalized spacial score (nSPS) is 20.7. The maximum absolute atomic E-state index is 6.37. The van der Waals surface area contributed by atoms with E-state index < -0.39 is 0 Å². The van der Waals surface area contributed by atoms with E-state index in [4.69, 9.17) is 15.2 Å². The maximum atomic E-state index is 6.37. The van der Waals surface area contributed by atoms with E-state index in [0.29, 0.717) is 5.92 Å². The van der Waals surface area contributed by atoms with Crippen molar-refractivity contribution in [3.05, 3.63) is 29.3 Å². The number of fused-ring (bicyclic) bond motifs is 1. The van der Waals surface area contributed by atoms with Crippen molar-refractivity contribution >= 4 is 12.4 Å². The van der Waals surface area contributed by atoms with Crippen molar-refractivity contribution in [2.75, 3.05) is 19.8 Å². The molecule has 1 saturated heterocycles. The van der Waals surface area contributed by atoms with E-state index in [9.17, 15) is 0 Å². The Morgan fingerprint density at radius 3 is 2.72 bits per heavy atom. The predicted molar refractivity (Wildman–Crippen MR) is 73.4 cm³/mol. The Balaban J connectivity index is 0.00000120. The van der Waals surface area contributed by atoms with Crippen LogP contribution in [0.5, 0.6) is 5.75 Å². The van der Waals surface area contributed by atoms with Crippen LogP contribution in [0.4, 0.5) is 0 Å². The molecule has 1 fully saturated rings. The Morgan fingerprint density at radius 2 is 1.94 bits per heavy atom. The molecule has 18 heavy (non-hydrogen) atoms. The molecule has 0 aromatic heterocycles. The van der Waals surface area contributed by atoms with Gasteiger partial charge in [0.2, 0.25) is 0 Å². The summed E-state index contributed by atoms with van der Waals surface area (Å²) in [5.41, 5.74) is 8.93. The molecule has 0 spiro atoms. The summed E-state index contributed by atoms with van der Waals surface area (Å²) in [4.78, 5) is 0. The maximum Gasteiger partial charge on any atom is 0.122 e. The van der Waals surface area contributed by atoms with Crippen LogP contribution in [-0.2, 0) is 11.2 Å². The first kappa shape index (κ1) is 13.7. The molecule has 0 radical (unpaired) electrons. The smallest absolute Gasteiger partial charge is 0.122 e. The van der Waals surface area contributed by atoms with E-state index in [-0.39, 0.29) is 18.4 Å². The zero-order chi connectivity index (χ0) is 11.7. The molecule has 4 heteroatoms. The van der Waals surface area contributed by atoms with Crippen LogP contribution < -0.4 is 10.5 Å². The van der Waals surface area contributed by atoms with Crippen LogP contribution >= 0.6 is 12.4 Å². The summed E-state index contributed by atoms with van der Waals surface area (Å²) in [7, 11) is 0. The zero-order valence-electron chi connectivity index (χ0n) is 10.4. The first-order valence-corrected chi connectivity index (χ1v) is 6.43. The van der Waals surface area contributed by atoms with Crippen molar-refractivity contribution in [3.63, 3.8) is 0 Å². The second-order valence-electron chi connectivity index (χ2n) is 4.94. The molecule has 3 rings (SSSR count). The lowest BCUT2D eigenvalue weighted by Gasteiger charge is -2.28. The van der Waals surface area contributed by atoms with Gasteiger partial charge in [0.25, 0.3) is 0 Å². The third-order valence-corrected chi connectivity index (χ3v) is 3.87. The first-order chi connectivity index (χ1) is 8.34. The summed E-state index contributed by atoms with van der Waals surface area (Å²) in [5, 5.41) is 0. The van der Waals surface area contributed by atoms with Gasteiger partial charge in [0.15, 0.2) is 0 Å². The molecule has 0 unspecified atom stereocenters. The highest BCUT2D eigenvalue weighted by molar-refractivity contribution is 5.85. The largest absolute Gasteiger partial charge is 0.493 e. The Bertz CT molecular complexity index is 405. The van der Waals surface area contributed by atoms with Gasteiger partial charge in [-0.3, -0.25) is 0 Å². The minimum atomic E-state index is 0. The molecule has 2 aliphatic heterocycles. The average Bonchev–Trinajstić information content (AvgIpc) is 2.86. The number of benzene rings is 1. The van der Waals surface area contributed by atoms with Crippen LogP contribution in [0.3, 0.4) is 0 Å². The minimum Gasteiger partial charge on any atom is -0.493 e. The number of rotatable bonds is 2. The second-order valence-corrected chi connectivity index (χ2v) is 4.94. The van der Waals surface area contributed by atoms with E-state index in [1.165, 1.54) is 11.1 Å². The molecule has 3 nitrogen and oxygen atoms in total. The number of hydrogen-bond donors (Lipinski definition) is 1. The van der Waals surface area contributed by atoms with Gasteiger partial charge in [0, 0.05) is 25.7 Å². The van der Waals surface area contributed by atoms with Gasteiger partial charge in [-0.2, -0.15) is 0 Å². The predicted octanol–water partition coefficient (Wildman–Crippen LogP) is 2.47. The summed E-state index contributed by atoms with van der Waals surface area (Å²) in [6.07, 6.45) is 3.17. The molecule has 0 amide bonds. The van der Waals surface area contributed by atoms with Crippen molar-refractivity contribution in [3.8, 4) is 5.75 Å². The highest BCUT2D eigenvalue weighted by Gasteiger charge is 2.23. The molecular weight excluding hydrogens is 250 g/mol. The molecule has 2 N–H and O–H groups in total. The topological polar surface area (TPSA) is 44.5 Å². The Morgan fingerprint density at radius 1 is 1.17 bits per heavy atom. The van der Waals surface area contributed by atoms with Crippen molar-refractivity contribution in [2.45, 2.75) is 25.3 Å². The van der Waals surface area contributed by atoms with Crippen LogP contribution in [0.2, 0.25) is 0 Å². The quantitative estimate of drug-likeness (QED) is 0.897. The van der Waals surface area contributed by atoms with Gasteiger partial charge in [-0.05, 0) is 36.0 Å². The Kier molecular flexibility index (Phi) is 4.49. The Hall–Kier alpha value is -0.770. The van der Waals surface area contributed by atoms with Gasteiger partial charge >= 0.3 is 0 Å². The molecule has 1 aromatic rings. The Labute approximate surface area is 114 Å². The molecule has 2 heterocycles. The van der Waals surface area contributed by atoms with Gasteiger partial charge in [0.1, 0.15) is 5.75 Å². The molecule has 1 aromatic carbocycles. The highest BCUT2D eigenvalue weighted by atomic mass is 35.5. The SMILES string of the molecule is Cl.N[C@H](c1ccc2c(c1)CCO2)C1CCOCC1. The molecular formula is C14H20ClNO2. The minimum absolute atomic E-state index is 0. The fraction of sp³-hybridized carbons (Fsp3) is 0.571. The fourth-order valence-electron chi connectivity index (χ4n) is 2.76. The van der Waals surface area contributed by atoms with Gasteiger partial charge in [-0.15, -0.1) is 12.4 Å². The zero-order valence-corrected chi connectivity index (χ0v) is 11.2. The number of hydrogen-bond acceptors (Lipinski definition) is 3. The standard InChI is InChI=1S/C14H19NO2.ClH/c15-14(10-3-6-16-7-4-10)12-1-2-13-11(9-12)5-8-17-13;/h1-2,9-10,14H,3-8,15H2;1H/t14-;/m0./s1. The summed E-state index contributed by atoms with van der Waals surface area (Å²) in [6.45, 7) is 2.52. The van der Waals surface area contributed by atoms with Gasteiger partial charge < -0.3 is 15.2 Å². The van der Waals surface area contributed by atoms with Gasteiger partial charge in [-0.1, -0.05) is 12.1 Å². The fourth-order valence-corrected chi connectivity index (χ4v) is 2.76. The number of nitrogens with two attached hydrogens (primary N) is 1. The van der Waals surface area contributed by atoms with Crippen LogP contribution in [0.25, 0.3) is 0 Å². The summed E-state index contributed by atoms with van der Waals surface area (Å²) in [6, 6.07) is 6.55. The summed E-state index contributed by atoms with van der Waals surface area (Å²) >= 11 is 0. The van der Waals surface area contributed by atoms with Crippen LogP contribution in [0.15, 0.2) is 18.2 Å². The van der Waals surface area contributed by atoms with Crippen LogP contribution in [-0.4, -0.2) is 19.8 Å². The van der Waals surface area contributed by atoms with E-state index in [0.717, 1.165) is 44.8 Å². The lowest BCUT2D eigenvalue weighted by atomic mass is 9.87. The average molecular weight is 270 g/mol. The third kappa shape index (κ3) is 2.63. The lowest BCUT2D eigenvalue weighted by Crippen LogP contribution is -2.27. The van der Waals surface area contributed by atoms with Gasteiger partial charge in [0.05, 0.1) is 6.61 Å².